The smallest absolute Gasteiger partial charge is 0.283 e. The lowest BCUT2D eigenvalue weighted by Crippen LogP contribution is -2.15. The zero-order chi connectivity index (χ0) is 7.28. The fourth-order valence-corrected chi connectivity index (χ4v) is 0.296. The average molecular weight is 129 g/mol. The number of ether oxygens (including phenoxy) is 1. The maximum absolute atomic E-state index is 10.2. The van der Waals surface area contributed by atoms with Crippen LogP contribution in [0.3, 0.4) is 0 Å². The maximum atomic E-state index is 10.2. The van der Waals surface area contributed by atoms with Gasteiger partial charge in [0.2, 0.25) is 0 Å². The number of hydrogen-bond donors (Lipinski definition) is 1. The molecule has 0 fully saturated rings. The van der Waals surface area contributed by atoms with Gasteiger partial charge in [0.05, 0.1) is 6.61 Å². The van der Waals surface area contributed by atoms with Crippen molar-refractivity contribution in [1.82, 2.24) is 0 Å². The van der Waals surface area contributed by atoms with Gasteiger partial charge in [-0.3, -0.25) is 4.79 Å². The summed E-state index contributed by atoms with van der Waals surface area (Å²) in [5, 5.41) is 0. The molecule has 3 nitrogen and oxygen atoms in total. The lowest BCUT2D eigenvalue weighted by molar-refractivity contribution is -0.117. The fraction of sp³-hybridized carbons (Fsp3) is 0.500. The highest BCUT2D eigenvalue weighted by molar-refractivity contribution is 5.89. The summed E-state index contributed by atoms with van der Waals surface area (Å²) in [5.41, 5.74) is 4.81. The van der Waals surface area contributed by atoms with Gasteiger partial charge in [0.15, 0.2) is 5.76 Å². The van der Waals surface area contributed by atoms with Crippen molar-refractivity contribution < 1.29 is 9.53 Å². The number of primary amides is 1. The van der Waals surface area contributed by atoms with Crippen molar-refractivity contribution in [3.8, 4) is 0 Å². The minimum atomic E-state index is -0.594. The minimum Gasteiger partial charge on any atom is -0.488 e. The summed E-state index contributed by atoms with van der Waals surface area (Å²) in [7, 11) is 0. The second-order valence-electron chi connectivity index (χ2n) is 1.64. The van der Waals surface area contributed by atoms with Gasteiger partial charge >= 0.3 is 0 Å². The van der Waals surface area contributed by atoms with E-state index in [1.807, 2.05) is 6.92 Å². The van der Waals surface area contributed by atoms with Crippen LogP contribution in [0.25, 0.3) is 0 Å². The summed E-state index contributed by atoms with van der Waals surface area (Å²) in [6.45, 7) is 5.74. The molecule has 0 aromatic heterocycles. The molecule has 52 valence electrons. The van der Waals surface area contributed by atoms with Crippen molar-refractivity contribution in [3.05, 3.63) is 12.3 Å². The Labute approximate surface area is 54.5 Å². The van der Waals surface area contributed by atoms with Crippen LogP contribution in [0.15, 0.2) is 12.3 Å². The van der Waals surface area contributed by atoms with Gasteiger partial charge in [-0.15, -0.1) is 0 Å². The molecule has 2 N–H and O–H groups in total. The highest BCUT2D eigenvalue weighted by Crippen LogP contribution is 1.91. The molecule has 0 aliphatic carbocycles. The van der Waals surface area contributed by atoms with Gasteiger partial charge in [-0.2, -0.15) is 0 Å². The number of hydrogen-bond acceptors (Lipinski definition) is 2. The molecule has 0 aromatic rings. The van der Waals surface area contributed by atoms with Crippen molar-refractivity contribution in [1.29, 1.82) is 0 Å². The second-order valence-corrected chi connectivity index (χ2v) is 1.64. The molecule has 0 unspecified atom stereocenters. The normalized spacial score (nSPS) is 8.56. The first-order chi connectivity index (χ1) is 4.18. The Morgan fingerprint density at radius 2 is 2.33 bits per heavy atom. The molecule has 0 radical (unpaired) electrons. The first kappa shape index (κ1) is 8.01. The van der Waals surface area contributed by atoms with E-state index in [1.54, 1.807) is 0 Å². The number of carbonyl (C=O) groups is 1. The SMILES string of the molecule is C=C(OCCC)C(N)=O. The molecule has 0 bridgehead atoms. The zero-order valence-electron chi connectivity index (χ0n) is 5.52. The molecule has 0 heterocycles. The molecule has 0 atom stereocenters. The number of carbonyl (C=O) groups excluding carboxylic acids is 1. The zero-order valence-corrected chi connectivity index (χ0v) is 5.52. The number of amides is 1. The van der Waals surface area contributed by atoms with E-state index in [2.05, 4.69) is 6.58 Å². The summed E-state index contributed by atoms with van der Waals surface area (Å²) < 4.78 is 4.78. The first-order valence-corrected chi connectivity index (χ1v) is 2.80. The van der Waals surface area contributed by atoms with Gasteiger partial charge in [-0.25, -0.2) is 0 Å². The Balaban J connectivity index is 3.39. The Morgan fingerprint density at radius 3 is 2.67 bits per heavy atom. The van der Waals surface area contributed by atoms with Crippen LogP contribution in [0.2, 0.25) is 0 Å². The molecule has 0 aliphatic heterocycles. The molecule has 3 heteroatoms. The van der Waals surface area contributed by atoms with Crippen LogP contribution in [0.5, 0.6) is 0 Å². The largest absolute Gasteiger partial charge is 0.488 e. The third kappa shape index (κ3) is 3.58. The second kappa shape index (κ2) is 3.95. The number of nitrogens with two attached hydrogens (primary N) is 1. The van der Waals surface area contributed by atoms with E-state index in [0.29, 0.717) is 6.61 Å². The fourth-order valence-electron chi connectivity index (χ4n) is 0.296. The van der Waals surface area contributed by atoms with Crippen LogP contribution < -0.4 is 5.73 Å². The summed E-state index contributed by atoms with van der Waals surface area (Å²) in [6.07, 6.45) is 0.853. The van der Waals surface area contributed by atoms with Gasteiger partial charge in [0.25, 0.3) is 5.91 Å². The first-order valence-electron chi connectivity index (χ1n) is 2.80. The van der Waals surface area contributed by atoms with Crippen LogP contribution >= 0.6 is 0 Å². The third-order valence-corrected chi connectivity index (χ3v) is 0.755. The van der Waals surface area contributed by atoms with Crippen LogP contribution in [-0.2, 0) is 9.53 Å². The Morgan fingerprint density at radius 1 is 1.78 bits per heavy atom. The predicted molar refractivity (Wildman–Crippen MR) is 34.6 cm³/mol. The maximum Gasteiger partial charge on any atom is 0.283 e. The van der Waals surface area contributed by atoms with Crippen molar-refractivity contribution in [2.24, 2.45) is 5.73 Å². The van der Waals surface area contributed by atoms with E-state index < -0.39 is 5.91 Å². The van der Waals surface area contributed by atoms with Crippen molar-refractivity contribution in [3.63, 3.8) is 0 Å². The lowest BCUT2D eigenvalue weighted by Gasteiger charge is -2.01. The molecule has 9 heavy (non-hydrogen) atoms. The Bertz CT molecular complexity index is 120. The summed E-state index contributed by atoms with van der Waals surface area (Å²) >= 11 is 0. The highest BCUT2D eigenvalue weighted by atomic mass is 16.5. The molecule has 0 aromatic carbocycles. The van der Waals surface area contributed by atoms with Gasteiger partial charge in [0, 0.05) is 0 Å². The van der Waals surface area contributed by atoms with E-state index in [4.69, 9.17) is 10.5 Å². The minimum absolute atomic E-state index is 0.0388. The molecule has 1 amide bonds. The highest BCUT2D eigenvalue weighted by Gasteiger charge is 1.98. The molecule has 0 spiro atoms. The van der Waals surface area contributed by atoms with Gasteiger partial charge in [0.1, 0.15) is 0 Å². The van der Waals surface area contributed by atoms with Crippen LogP contribution in [0.4, 0.5) is 0 Å². The molecular formula is C6H11NO2. The quantitative estimate of drug-likeness (QED) is 0.441. The van der Waals surface area contributed by atoms with Crippen molar-refractivity contribution in [2.45, 2.75) is 13.3 Å². The third-order valence-electron chi connectivity index (χ3n) is 0.755. The van der Waals surface area contributed by atoms with E-state index in [9.17, 15) is 4.79 Å². The van der Waals surface area contributed by atoms with Crippen molar-refractivity contribution >= 4 is 5.91 Å². The van der Waals surface area contributed by atoms with Crippen LogP contribution in [0.1, 0.15) is 13.3 Å². The number of rotatable bonds is 4. The molecule has 0 saturated heterocycles. The van der Waals surface area contributed by atoms with Crippen LogP contribution in [0, 0.1) is 0 Å². The Hall–Kier alpha value is -0.990. The van der Waals surface area contributed by atoms with E-state index >= 15 is 0 Å². The summed E-state index contributed by atoms with van der Waals surface area (Å²) in [6, 6.07) is 0. The van der Waals surface area contributed by atoms with Gasteiger partial charge in [-0.05, 0) is 6.42 Å². The van der Waals surface area contributed by atoms with Crippen molar-refractivity contribution in [2.75, 3.05) is 6.61 Å². The van der Waals surface area contributed by atoms with E-state index in [-0.39, 0.29) is 5.76 Å². The lowest BCUT2D eigenvalue weighted by atomic mass is 10.5. The molecule has 0 aliphatic rings. The van der Waals surface area contributed by atoms with Gasteiger partial charge < -0.3 is 10.5 Å². The van der Waals surface area contributed by atoms with E-state index in [1.165, 1.54) is 0 Å². The van der Waals surface area contributed by atoms with Gasteiger partial charge in [-0.1, -0.05) is 13.5 Å². The molecular weight excluding hydrogens is 118 g/mol. The average Bonchev–Trinajstić information content (AvgIpc) is 1.82. The molecule has 0 saturated carbocycles. The summed E-state index contributed by atoms with van der Waals surface area (Å²) in [5.74, 6) is -0.555. The van der Waals surface area contributed by atoms with Crippen LogP contribution in [-0.4, -0.2) is 12.5 Å². The predicted octanol–water partition coefficient (Wildman–Crippen LogP) is 0.412. The molecule has 0 rings (SSSR count). The topological polar surface area (TPSA) is 52.3 Å². The summed E-state index contributed by atoms with van der Waals surface area (Å²) in [4.78, 5) is 10.2. The van der Waals surface area contributed by atoms with E-state index in [0.717, 1.165) is 6.42 Å². The standard InChI is InChI=1S/C6H11NO2/c1-3-4-9-5(2)6(7)8/h2-4H2,1H3,(H2,7,8). The Kier molecular flexibility index (Phi) is 3.51. The monoisotopic (exact) mass is 129 g/mol.